The lowest BCUT2D eigenvalue weighted by molar-refractivity contribution is -0.144. The van der Waals surface area contributed by atoms with E-state index in [0.29, 0.717) is 27.0 Å². The van der Waals surface area contributed by atoms with Crippen molar-refractivity contribution in [2.75, 3.05) is 10.6 Å². The average Bonchev–Trinajstić information content (AvgIpc) is 2.72. The second kappa shape index (κ2) is 9.38. The minimum atomic E-state index is -0.884. The molecule has 3 amide bonds. The summed E-state index contributed by atoms with van der Waals surface area (Å²) in [7, 11) is 0. The summed E-state index contributed by atoms with van der Waals surface area (Å²) in [6.07, 6.45) is -1.62. The van der Waals surface area contributed by atoms with Crippen LogP contribution in [0, 0.1) is 11.8 Å². The Morgan fingerprint density at radius 3 is 2.27 bits per heavy atom. The smallest absolute Gasteiger partial charge is 0.229 e. The van der Waals surface area contributed by atoms with Gasteiger partial charge in [-0.2, -0.15) is 0 Å². The van der Waals surface area contributed by atoms with Gasteiger partial charge in [0.2, 0.25) is 17.7 Å². The number of amides is 3. The number of carbonyl (C=O) groups is 4. The third-order valence-corrected chi connectivity index (χ3v) is 5.96. The second-order valence-corrected chi connectivity index (χ2v) is 8.79. The van der Waals surface area contributed by atoms with Crippen molar-refractivity contribution in [1.29, 1.82) is 0 Å². The number of nitrogens with one attached hydrogen (secondary N) is 5. The summed E-state index contributed by atoms with van der Waals surface area (Å²) in [6.45, 7) is 1.45. The molecular formula is C22H21Cl2N5O4. The van der Waals surface area contributed by atoms with Gasteiger partial charge in [-0.15, -0.1) is 0 Å². The van der Waals surface area contributed by atoms with Gasteiger partial charge in [-0.25, -0.2) is 0 Å². The fourth-order valence-electron chi connectivity index (χ4n) is 3.98. The van der Waals surface area contributed by atoms with E-state index in [2.05, 4.69) is 26.6 Å². The molecule has 2 aliphatic rings. The summed E-state index contributed by atoms with van der Waals surface area (Å²) >= 11 is 12.0. The number of piperidine rings is 1. The van der Waals surface area contributed by atoms with Crippen LogP contribution < -0.4 is 26.6 Å². The van der Waals surface area contributed by atoms with E-state index in [1.54, 1.807) is 42.5 Å². The van der Waals surface area contributed by atoms with E-state index in [1.807, 2.05) is 0 Å². The molecule has 2 aromatic carbocycles. The van der Waals surface area contributed by atoms with Gasteiger partial charge in [0.05, 0.1) is 18.0 Å². The Morgan fingerprint density at radius 2 is 1.64 bits per heavy atom. The molecule has 2 fully saturated rings. The van der Waals surface area contributed by atoms with Gasteiger partial charge in [0.25, 0.3) is 0 Å². The predicted octanol–water partition coefficient (Wildman–Crippen LogP) is 2.33. The lowest BCUT2D eigenvalue weighted by Gasteiger charge is -2.43. The highest BCUT2D eigenvalue weighted by molar-refractivity contribution is 6.35. The summed E-state index contributed by atoms with van der Waals surface area (Å²) < 4.78 is 0. The third kappa shape index (κ3) is 5.27. The summed E-state index contributed by atoms with van der Waals surface area (Å²) in [5.41, 5.74) is 1.55. The van der Waals surface area contributed by atoms with Crippen molar-refractivity contribution in [2.24, 2.45) is 11.8 Å². The maximum Gasteiger partial charge on any atom is 0.229 e. The first-order valence-corrected chi connectivity index (χ1v) is 11.0. The molecule has 4 atom stereocenters. The minimum absolute atomic E-state index is 0.0900. The van der Waals surface area contributed by atoms with E-state index in [9.17, 15) is 19.2 Å². The number of fused-ring (bicyclic) bond motifs is 1. The Balaban J connectivity index is 1.47. The van der Waals surface area contributed by atoms with Gasteiger partial charge in [-0.05, 0) is 49.4 Å². The first-order valence-electron chi connectivity index (χ1n) is 10.2. The van der Waals surface area contributed by atoms with Crippen LogP contribution in [0.15, 0.2) is 42.5 Å². The van der Waals surface area contributed by atoms with Gasteiger partial charge in [0.1, 0.15) is 0 Å². The Morgan fingerprint density at radius 1 is 0.970 bits per heavy atom. The van der Waals surface area contributed by atoms with Crippen LogP contribution in [-0.2, 0) is 14.4 Å². The van der Waals surface area contributed by atoms with Crippen LogP contribution in [0.2, 0.25) is 10.0 Å². The van der Waals surface area contributed by atoms with E-state index in [-0.39, 0.29) is 18.1 Å². The highest BCUT2D eigenvalue weighted by Crippen LogP contribution is 2.29. The number of carbonyl (C=O) groups excluding carboxylic acids is 4. The summed E-state index contributed by atoms with van der Waals surface area (Å²) in [5.74, 6) is -3.00. The molecule has 2 saturated heterocycles. The zero-order valence-electron chi connectivity index (χ0n) is 17.4. The van der Waals surface area contributed by atoms with Gasteiger partial charge in [0.15, 0.2) is 12.1 Å². The Hall–Kier alpha value is -3.14. The zero-order valence-corrected chi connectivity index (χ0v) is 19.0. The maximum atomic E-state index is 13.0. The molecule has 5 N–H and O–H groups in total. The monoisotopic (exact) mass is 489 g/mol. The van der Waals surface area contributed by atoms with Crippen LogP contribution in [0.25, 0.3) is 0 Å². The standard InChI is InChI=1S/C22H21Cl2N5O4/c1-10(30)11-2-4-14(5-3-11)25-20(32)16-9-17(31)27-19-18(16)21(33)29-22(28-19)26-15-7-12(23)6-13(24)8-15/h2-8,16,18-19,22,26,28H,9H2,1H3,(H,25,32)(H,27,31)(H,29,33). The molecule has 0 radical (unpaired) electrons. The third-order valence-electron chi connectivity index (χ3n) is 5.52. The topological polar surface area (TPSA) is 128 Å². The number of benzene rings is 2. The number of hydrogen-bond donors (Lipinski definition) is 5. The highest BCUT2D eigenvalue weighted by atomic mass is 35.5. The summed E-state index contributed by atoms with van der Waals surface area (Å²) in [5, 5.41) is 15.2. The average molecular weight is 490 g/mol. The van der Waals surface area contributed by atoms with Gasteiger partial charge in [-0.1, -0.05) is 23.2 Å². The molecule has 33 heavy (non-hydrogen) atoms. The molecule has 0 aliphatic carbocycles. The molecule has 2 aliphatic heterocycles. The quantitative estimate of drug-likeness (QED) is 0.410. The fourth-order valence-corrected chi connectivity index (χ4v) is 4.51. The molecule has 0 aromatic heterocycles. The van der Waals surface area contributed by atoms with Crippen LogP contribution in [0.3, 0.4) is 0 Å². The predicted molar refractivity (Wildman–Crippen MR) is 124 cm³/mol. The lowest BCUT2D eigenvalue weighted by atomic mass is 9.81. The van der Waals surface area contributed by atoms with Crippen LogP contribution in [-0.4, -0.2) is 36.0 Å². The van der Waals surface area contributed by atoms with E-state index < -0.39 is 36.1 Å². The van der Waals surface area contributed by atoms with Crippen LogP contribution in [0.5, 0.6) is 0 Å². The minimum Gasteiger partial charge on any atom is -0.353 e. The molecular weight excluding hydrogens is 469 g/mol. The van der Waals surface area contributed by atoms with Crippen LogP contribution in [0.1, 0.15) is 23.7 Å². The lowest BCUT2D eigenvalue weighted by Crippen LogP contribution is -2.72. The van der Waals surface area contributed by atoms with E-state index in [4.69, 9.17) is 23.2 Å². The summed E-state index contributed by atoms with van der Waals surface area (Å²) in [6, 6.07) is 11.3. The van der Waals surface area contributed by atoms with Gasteiger partial charge < -0.3 is 21.3 Å². The Labute approximate surface area is 199 Å². The maximum absolute atomic E-state index is 13.0. The highest BCUT2D eigenvalue weighted by Gasteiger charge is 2.48. The fraction of sp³-hybridized carbons (Fsp3) is 0.273. The molecule has 2 aromatic rings. The van der Waals surface area contributed by atoms with Crippen molar-refractivity contribution < 1.29 is 19.2 Å². The largest absolute Gasteiger partial charge is 0.353 e. The van der Waals surface area contributed by atoms with Crippen molar-refractivity contribution in [3.63, 3.8) is 0 Å². The molecule has 0 spiro atoms. The van der Waals surface area contributed by atoms with Gasteiger partial charge in [-0.3, -0.25) is 24.5 Å². The first-order chi connectivity index (χ1) is 15.7. The zero-order chi connectivity index (χ0) is 23.7. The van der Waals surface area contributed by atoms with Crippen molar-refractivity contribution in [3.05, 3.63) is 58.1 Å². The first kappa shape index (κ1) is 23.0. The second-order valence-electron chi connectivity index (χ2n) is 7.92. The SMILES string of the molecule is CC(=O)c1ccc(NC(=O)C2CC(=O)NC3NC(Nc4cc(Cl)cc(Cl)c4)NC(=O)C32)cc1. The normalized spacial score (nSPS) is 24.2. The van der Waals surface area contributed by atoms with Crippen LogP contribution in [0.4, 0.5) is 11.4 Å². The number of ketones is 1. The van der Waals surface area contributed by atoms with Gasteiger partial charge >= 0.3 is 0 Å². The van der Waals surface area contributed by atoms with Crippen LogP contribution >= 0.6 is 23.2 Å². The molecule has 2 heterocycles. The number of Topliss-reactive ketones (excluding diaryl/α,β-unsaturated/α-hetero) is 1. The van der Waals surface area contributed by atoms with Crippen molar-refractivity contribution in [3.8, 4) is 0 Å². The Bertz CT molecular complexity index is 1100. The van der Waals surface area contributed by atoms with Crippen molar-refractivity contribution >= 4 is 58.1 Å². The molecule has 4 unspecified atom stereocenters. The molecule has 172 valence electrons. The number of halogens is 2. The summed E-state index contributed by atoms with van der Waals surface area (Å²) in [4.78, 5) is 49.7. The Kier molecular flexibility index (Phi) is 6.55. The molecule has 4 rings (SSSR count). The van der Waals surface area contributed by atoms with Gasteiger partial charge in [0, 0.05) is 33.4 Å². The number of hydrogen-bond acceptors (Lipinski definition) is 6. The van der Waals surface area contributed by atoms with Crippen molar-refractivity contribution in [2.45, 2.75) is 25.8 Å². The van der Waals surface area contributed by atoms with E-state index in [1.165, 1.54) is 6.92 Å². The molecule has 11 heteroatoms. The number of anilines is 2. The van der Waals surface area contributed by atoms with E-state index in [0.717, 1.165) is 0 Å². The molecule has 0 bridgehead atoms. The molecule has 0 saturated carbocycles. The van der Waals surface area contributed by atoms with Crippen molar-refractivity contribution in [1.82, 2.24) is 16.0 Å². The molecule has 9 nitrogen and oxygen atoms in total. The number of rotatable bonds is 5. The van der Waals surface area contributed by atoms with E-state index >= 15 is 0 Å².